The van der Waals surface area contributed by atoms with Crippen LogP contribution in [-0.2, 0) is 6.18 Å². The van der Waals surface area contributed by atoms with Crippen LogP contribution in [-0.4, -0.2) is 21.1 Å². The van der Waals surface area contributed by atoms with E-state index in [2.05, 4.69) is 20.5 Å². The van der Waals surface area contributed by atoms with Gasteiger partial charge in [0, 0.05) is 10.6 Å². The highest BCUT2D eigenvalue weighted by Gasteiger charge is 2.38. The summed E-state index contributed by atoms with van der Waals surface area (Å²) in [6.07, 6.45) is -4.84. The Bertz CT molecular complexity index is 1140. The summed E-state index contributed by atoms with van der Waals surface area (Å²) in [5, 5.41) is 14.6. The van der Waals surface area contributed by atoms with Gasteiger partial charge in [-0.1, -0.05) is 6.07 Å². The molecule has 0 bridgehead atoms. The molecule has 0 aliphatic heterocycles. The number of benzene rings is 1. The second-order valence-corrected chi connectivity index (χ2v) is 6.98. The van der Waals surface area contributed by atoms with Crippen molar-refractivity contribution in [2.24, 2.45) is 5.14 Å². The zero-order chi connectivity index (χ0) is 22.8. The normalized spacial score (nSPS) is 11.3. The van der Waals surface area contributed by atoms with E-state index in [9.17, 15) is 22.4 Å². The van der Waals surface area contributed by atoms with Crippen molar-refractivity contribution in [1.29, 1.82) is 0 Å². The molecule has 0 aliphatic carbocycles. The molecular formula is C19H15F4N5O2S. The number of nitrogens with two attached hydrogens (primary N) is 1. The van der Waals surface area contributed by atoms with Gasteiger partial charge in [-0.15, -0.1) is 10.2 Å². The van der Waals surface area contributed by atoms with Crippen LogP contribution in [0.3, 0.4) is 0 Å². The average molecular weight is 453 g/mol. The van der Waals surface area contributed by atoms with Crippen molar-refractivity contribution in [3.05, 3.63) is 64.9 Å². The van der Waals surface area contributed by atoms with Gasteiger partial charge in [0.2, 0.25) is 5.95 Å². The number of nitrogens with one attached hydrogen (secondary N) is 1. The second-order valence-electron chi connectivity index (χ2n) is 6.27. The van der Waals surface area contributed by atoms with Crippen LogP contribution in [0.1, 0.15) is 27.3 Å². The smallest absolute Gasteiger partial charge is 0.435 e. The Labute approximate surface area is 178 Å². The van der Waals surface area contributed by atoms with Gasteiger partial charge in [0.25, 0.3) is 11.8 Å². The minimum absolute atomic E-state index is 0.00503. The Morgan fingerprint density at radius 2 is 1.90 bits per heavy atom. The number of halogens is 4. The van der Waals surface area contributed by atoms with Crippen LogP contribution >= 0.6 is 11.9 Å². The van der Waals surface area contributed by atoms with E-state index in [0.29, 0.717) is 10.6 Å². The summed E-state index contributed by atoms with van der Waals surface area (Å²) in [4.78, 5) is 17.1. The molecule has 0 spiro atoms. The number of hydrogen-bond acceptors (Lipinski definition) is 7. The highest BCUT2D eigenvalue weighted by atomic mass is 32.2. The molecule has 0 saturated heterocycles. The highest BCUT2D eigenvalue weighted by Crippen LogP contribution is 2.35. The number of aryl methyl sites for hydroxylation is 1. The fraction of sp³-hybridized carbons (Fsp3) is 0.158. The van der Waals surface area contributed by atoms with Crippen molar-refractivity contribution >= 4 is 23.5 Å². The molecule has 3 N–H and O–H groups in total. The van der Waals surface area contributed by atoms with Crippen LogP contribution in [0.5, 0.6) is 11.6 Å². The predicted octanol–water partition coefficient (Wildman–Crippen LogP) is 4.66. The van der Waals surface area contributed by atoms with Gasteiger partial charge in [-0.05, 0) is 61.7 Å². The molecule has 162 valence electrons. The van der Waals surface area contributed by atoms with Gasteiger partial charge in [0.1, 0.15) is 5.56 Å². The van der Waals surface area contributed by atoms with Crippen LogP contribution < -0.4 is 15.2 Å². The number of rotatable bonds is 5. The summed E-state index contributed by atoms with van der Waals surface area (Å²) < 4.78 is 58.8. The fourth-order valence-corrected chi connectivity index (χ4v) is 3.03. The van der Waals surface area contributed by atoms with Crippen LogP contribution in [0.25, 0.3) is 0 Å². The van der Waals surface area contributed by atoms with Crippen LogP contribution in [0, 0.1) is 19.8 Å². The summed E-state index contributed by atoms with van der Waals surface area (Å²) in [7, 11) is 0. The highest BCUT2D eigenvalue weighted by molar-refractivity contribution is 7.97. The van der Waals surface area contributed by atoms with E-state index in [1.807, 2.05) is 0 Å². The number of nitrogens with zero attached hydrogens (tertiary/aromatic N) is 3. The zero-order valence-electron chi connectivity index (χ0n) is 16.1. The van der Waals surface area contributed by atoms with Gasteiger partial charge in [0.15, 0.2) is 11.4 Å². The first-order valence-corrected chi connectivity index (χ1v) is 9.51. The number of carbonyl (C=O) groups is 1. The van der Waals surface area contributed by atoms with Gasteiger partial charge < -0.3 is 10.1 Å². The first-order chi connectivity index (χ1) is 14.6. The number of pyridine rings is 1. The van der Waals surface area contributed by atoms with E-state index >= 15 is 0 Å². The maximum absolute atomic E-state index is 13.3. The molecule has 31 heavy (non-hydrogen) atoms. The summed E-state index contributed by atoms with van der Waals surface area (Å²) >= 11 is 0.938. The molecule has 2 aromatic heterocycles. The molecule has 7 nitrogen and oxygen atoms in total. The first-order valence-electron chi connectivity index (χ1n) is 8.63. The molecule has 0 saturated carbocycles. The van der Waals surface area contributed by atoms with Crippen LogP contribution in [0.2, 0.25) is 0 Å². The maximum atomic E-state index is 13.3. The van der Waals surface area contributed by atoms with Gasteiger partial charge in [-0.3, -0.25) is 9.93 Å². The van der Waals surface area contributed by atoms with Crippen molar-refractivity contribution < 1.29 is 27.1 Å². The quantitative estimate of drug-likeness (QED) is 0.329. The SMILES string of the molecule is Cc1nc(F)ccc1Oc1nnc(C(F)(F)F)c(C)c1C(=O)Nc1cccc(SN)c1. The summed E-state index contributed by atoms with van der Waals surface area (Å²) in [5.74, 6) is -2.15. The van der Waals surface area contributed by atoms with Crippen LogP contribution in [0.4, 0.5) is 23.2 Å². The lowest BCUT2D eigenvalue weighted by atomic mass is 10.1. The Balaban J connectivity index is 2.06. The average Bonchev–Trinajstić information content (AvgIpc) is 2.69. The number of amides is 1. The van der Waals surface area contributed by atoms with E-state index < -0.39 is 40.7 Å². The molecule has 1 amide bonds. The molecule has 12 heteroatoms. The minimum atomic E-state index is -4.84. The predicted molar refractivity (Wildman–Crippen MR) is 105 cm³/mol. The third kappa shape index (κ3) is 5.09. The maximum Gasteiger partial charge on any atom is 0.435 e. The Hall–Kier alpha value is -3.25. The molecule has 3 aromatic rings. The van der Waals surface area contributed by atoms with E-state index in [4.69, 9.17) is 9.88 Å². The number of ether oxygens (including phenoxy) is 1. The van der Waals surface area contributed by atoms with Gasteiger partial charge in [-0.2, -0.15) is 17.6 Å². The number of aromatic nitrogens is 3. The summed E-state index contributed by atoms with van der Waals surface area (Å²) in [6.45, 7) is 2.51. The van der Waals surface area contributed by atoms with Gasteiger partial charge >= 0.3 is 6.18 Å². The number of carbonyl (C=O) groups excluding carboxylic acids is 1. The molecule has 0 aliphatic rings. The van der Waals surface area contributed by atoms with Crippen molar-refractivity contribution in [2.75, 3.05) is 5.32 Å². The van der Waals surface area contributed by atoms with Gasteiger partial charge in [0.05, 0.1) is 5.69 Å². The van der Waals surface area contributed by atoms with E-state index in [-0.39, 0.29) is 11.4 Å². The lowest BCUT2D eigenvalue weighted by molar-refractivity contribution is -0.142. The largest absolute Gasteiger partial charge is 0.435 e. The van der Waals surface area contributed by atoms with E-state index in [1.54, 1.807) is 24.3 Å². The number of hydrogen-bond donors (Lipinski definition) is 2. The monoisotopic (exact) mass is 453 g/mol. The zero-order valence-corrected chi connectivity index (χ0v) is 16.9. The fourth-order valence-electron chi connectivity index (χ4n) is 2.68. The molecule has 0 unspecified atom stereocenters. The van der Waals surface area contributed by atoms with E-state index in [1.165, 1.54) is 13.0 Å². The van der Waals surface area contributed by atoms with Crippen molar-refractivity contribution in [3.63, 3.8) is 0 Å². The van der Waals surface area contributed by atoms with E-state index in [0.717, 1.165) is 24.9 Å². The van der Waals surface area contributed by atoms with Crippen LogP contribution in [0.15, 0.2) is 41.3 Å². The molecule has 3 rings (SSSR count). The molecule has 0 fully saturated rings. The molecular weight excluding hydrogens is 438 g/mol. The molecule has 2 heterocycles. The third-order valence-corrected chi connectivity index (χ3v) is 4.64. The number of alkyl halides is 3. The third-order valence-electron chi connectivity index (χ3n) is 4.12. The molecule has 0 atom stereocenters. The molecule has 0 radical (unpaired) electrons. The lowest BCUT2D eigenvalue weighted by Gasteiger charge is -2.16. The van der Waals surface area contributed by atoms with Crippen molar-refractivity contribution in [2.45, 2.75) is 24.9 Å². The second kappa shape index (κ2) is 8.86. The first kappa shape index (κ1) is 22.4. The topological polar surface area (TPSA) is 103 Å². The minimum Gasteiger partial charge on any atom is -0.435 e. The van der Waals surface area contributed by atoms with Crippen molar-refractivity contribution in [1.82, 2.24) is 15.2 Å². The Morgan fingerprint density at radius 3 is 2.55 bits per heavy atom. The van der Waals surface area contributed by atoms with Crippen molar-refractivity contribution in [3.8, 4) is 11.6 Å². The molecule has 1 aromatic carbocycles. The summed E-state index contributed by atoms with van der Waals surface area (Å²) in [5.41, 5.74) is -1.87. The standard InChI is InChI=1S/C19H15F4N5O2S/c1-9-15(17(29)26-11-4-3-5-12(8-11)31-24)18(28-27-16(9)19(21,22)23)30-13-6-7-14(20)25-10(13)2/h3-8H,24H2,1-2H3,(H,26,29). The Kier molecular flexibility index (Phi) is 6.41. The lowest BCUT2D eigenvalue weighted by Crippen LogP contribution is -2.21. The number of anilines is 1. The van der Waals surface area contributed by atoms with Gasteiger partial charge in [-0.25, -0.2) is 4.98 Å². The Morgan fingerprint density at radius 1 is 1.16 bits per heavy atom. The summed E-state index contributed by atoms with van der Waals surface area (Å²) in [6, 6.07) is 8.62.